The van der Waals surface area contributed by atoms with Gasteiger partial charge in [-0.3, -0.25) is 9.69 Å². The first-order valence-electron chi connectivity index (χ1n) is 11.4. The first kappa shape index (κ1) is 23.6. The first-order chi connectivity index (χ1) is 15.4. The summed E-state index contributed by atoms with van der Waals surface area (Å²) >= 11 is 8.01. The summed E-state index contributed by atoms with van der Waals surface area (Å²) in [5.74, 6) is 1.04. The van der Waals surface area contributed by atoms with E-state index in [1.54, 1.807) is 0 Å². The van der Waals surface area contributed by atoms with Crippen LogP contribution in [0.15, 0.2) is 29.6 Å². The molecule has 0 aliphatic carbocycles. The molecule has 1 aromatic heterocycles. The molecule has 1 aromatic carbocycles. The molecule has 32 heavy (non-hydrogen) atoms. The van der Waals surface area contributed by atoms with Gasteiger partial charge in [0, 0.05) is 47.9 Å². The van der Waals surface area contributed by atoms with Crippen molar-refractivity contribution in [2.24, 2.45) is 5.41 Å². The summed E-state index contributed by atoms with van der Waals surface area (Å²) < 4.78 is 11.7. The van der Waals surface area contributed by atoms with Gasteiger partial charge in [0.05, 0.1) is 19.8 Å². The average molecular weight is 477 g/mol. The molecule has 3 heterocycles. The van der Waals surface area contributed by atoms with Crippen molar-refractivity contribution >= 4 is 28.8 Å². The average Bonchev–Trinajstić information content (AvgIpc) is 3.19. The van der Waals surface area contributed by atoms with E-state index < -0.39 is 0 Å². The van der Waals surface area contributed by atoms with E-state index in [0.29, 0.717) is 39.3 Å². The molecule has 2 fully saturated rings. The van der Waals surface area contributed by atoms with Crippen LogP contribution in [-0.4, -0.2) is 61.7 Å². The fourth-order valence-corrected chi connectivity index (χ4v) is 5.78. The van der Waals surface area contributed by atoms with Crippen molar-refractivity contribution in [3.05, 3.63) is 50.7 Å². The van der Waals surface area contributed by atoms with Crippen molar-refractivity contribution < 1.29 is 14.3 Å². The molecule has 2 saturated heterocycles. The molecule has 0 unspecified atom stereocenters. The number of morpholine rings is 1. The third kappa shape index (κ3) is 5.84. The lowest BCUT2D eigenvalue weighted by atomic mass is 9.77. The van der Waals surface area contributed by atoms with Gasteiger partial charge < -0.3 is 14.4 Å². The van der Waals surface area contributed by atoms with Crippen molar-refractivity contribution in [3.8, 4) is 5.75 Å². The lowest BCUT2D eigenvalue weighted by Crippen LogP contribution is -2.50. The second-order valence-corrected chi connectivity index (χ2v) is 10.6. The SMILES string of the molecule is Cc1cc(OC[C@]2(CC(=O)N3CCOCC3)CCCN(Cc3sccc3C)C2)ccc1Cl. The smallest absolute Gasteiger partial charge is 0.223 e. The third-order valence-corrected chi connectivity index (χ3v) is 8.07. The summed E-state index contributed by atoms with van der Waals surface area (Å²) in [4.78, 5) is 19.1. The summed E-state index contributed by atoms with van der Waals surface area (Å²) in [5, 5.41) is 2.90. The fraction of sp³-hybridized carbons (Fsp3) is 0.560. The highest BCUT2D eigenvalue weighted by Crippen LogP contribution is 2.37. The van der Waals surface area contributed by atoms with Crippen molar-refractivity contribution in [2.45, 2.75) is 39.7 Å². The number of carbonyl (C=O) groups is 1. The Morgan fingerprint density at radius 1 is 1.19 bits per heavy atom. The number of hydrogen-bond acceptors (Lipinski definition) is 5. The van der Waals surface area contributed by atoms with Crippen LogP contribution in [0.2, 0.25) is 5.02 Å². The summed E-state index contributed by atoms with van der Waals surface area (Å²) in [7, 11) is 0. The van der Waals surface area contributed by atoms with Gasteiger partial charge in [0.25, 0.3) is 0 Å². The van der Waals surface area contributed by atoms with Gasteiger partial charge in [-0.05, 0) is 74.0 Å². The number of thiophene rings is 1. The van der Waals surface area contributed by atoms with E-state index in [1.807, 2.05) is 41.4 Å². The summed E-state index contributed by atoms with van der Waals surface area (Å²) in [6.07, 6.45) is 2.58. The van der Waals surface area contributed by atoms with Gasteiger partial charge in [0.1, 0.15) is 5.75 Å². The van der Waals surface area contributed by atoms with E-state index >= 15 is 0 Å². The molecule has 2 aromatic rings. The second-order valence-electron chi connectivity index (χ2n) is 9.21. The van der Waals surface area contributed by atoms with Gasteiger partial charge in [0.2, 0.25) is 5.91 Å². The number of piperidine rings is 1. The van der Waals surface area contributed by atoms with Crippen LogP contribution in [-0.2, 0) is 16.1 Å². The lowest BCUT2D eigenvalue weighted by Gasteiger charge is -2.43. The highest BCUT2D eigenvalue weighted by Gasteiger charge is 2.40. The molecule has 0 N–H and O–H groups in total. The minimum absolute atomic E-state index is 0.202. The Morgan fingerprint density at radius 3 is 2.72 bits per heavy atom. The first-order valence-corrected chi connectivity index (χ1v) is 12.7. The van der Waals surface area contributed by atoms with Gasteiger partial charge in [-0.2, -0.15) is 0 Å². The standard InChI is InChI=1S/C25H33ClN2O3S/c1-19-6-13-32-23(19)16-27-8-3-7-25(17-27,15-24(29)28-9-11-30-12-10-28)18-31-21-4-5-22(26)20(2)14-21/h4-6,13-14H,3,7-12,15-18H2,1-2H3/t25-/m0/s1. The highest BCUT2D eigenvalue weighted by molar-refractivity contribution is 7.10. The number of likely N-dealkylation sites (tertiary alicyclic amines) is 1. The van der Waals surface area contributed by atoms with Crippen molar-refractivity contribution in [1.82, 2.24) is 9.80 Å². The number of aryl methyl sites for hydroxylation is 2. The number of ether oxygens (including phenoxy) is 2. The Morgan fingerprint density at radius 2 is 2.00 bits per heavy atom. The summed E-state index contributed by atoms with van der Waals surface area (Å²) in [6, 6.07) is 7.97. The minimum atomic E-state index is -0.202. The van der Waals surface area contributed by atoms with Crippen LogP contribution < -0.4 is 4.74 Å². The number of amides is 1. The highest BCUT2D eigenvalue weighted by atomic mass is 35.5. The molecule has 5 nitrogen and oxygen atoms in total. The lowest BCUT2D eigenvalue weighted by molar-refractivity contribution is -0.139. The third-order valence-electron chi connectivity index (χ3n) is 6.64. The summed E-state index contributed by atoms with van der Waals surface area (Å²) in [6.45, 7) is 10.2. The Labute approximate surface area is 200 Å². The topological polar surface area (TPSA) is 42.0 Å². The van der Waals surface area contributed by atoms with E-state index in [9.17, 15) is 4.79 Å². The maximum atomic E-state index is 13.2. The van der Waals surface area contributed by atoms with Crippen molar-refractivity contribution in [2.75, 3.05) is 46.0 Å². The van der Waals surface area contributed by atoms with E-state index in [4.69, 9.17) is 21.1 Å². The molecule has 0 spiro atoms. The molecule has 2 aliphatic rings. The Kier molecular flexibility index (Phi) is 7.77. The molecule has 0 saturated carbocycles. The van der Waals surface area contributed by atoms with Crippen LogP contribution in [0.3, 0.4) is 0 Å². The maximum Gasteiger partial charge on any atom is 0.223 e. The fourth-order valence-electron chi connectivity index (χ4n) is 4.72. The molecular formula is C25H33ClN2O3S. The van der Waals surface area contributed by atoms with Gasteiger partial charge >= 0.3 is 0 Å². The molecule has 1 amide bonds. The Hall–Kier alpha value is -1.60. The molecular weight excluding hydrogens is 444 g/mol. The number of halogens is 1. The molecule has 4 rings (SSSR count). The zero-order valence-corrected chi connectivity index (χ0v) is 20.6. The maximum absolute atomic E-state index is 13.2. The van der Waals surface area contributed by atoms with Crippen LogP contribution in [0, 0.1) is 19.3 Å². The number of carbonyl (C=O) groups excluding carboxylic acids is 1. The molecule has 0 radical (unpaired) electrons. The largest absolute Gasteiger partial charge is 0.493 e. The van der Waals surface area contributed by atoms with E-state index in [1.165, 1.54) is 10.4 Å². The minimum Gasteiger partial charge on any atom is -0.493 e. The van der Waals surface area contributed by atoms with Crippen LogP contribution in [0.4, 0.5) is 0 Å². The van der Waals surface area contributed by atoms with E-state index in [-0.39, 0.29) is 11.3 Å². The van der Waals surface area contributed by atoms with E-state index in [2.05, 4.69) is 23.3 Å². The quantitative estimate of drug-likeness (QED) is 0.568. The van der Waals surface area contributed by atoms with Crippen LogP contribution in [0.25, 0.3) is 0 Å². The van der Waals surface area contributed by atoms with Gasteiger partial charge in [-0.25, -0.2) is 0 Å². The zero-order chi connectivity index (χ0) is 22.6. The predicted molar refractivity (Wildman–Crippen MR) is 130 cm³/mol. The molecule has 2 aliphatic heterocycles. The normalized spacial score (nSPS) is 22.2. The number of rotatable bonds is 7. The summed E-state index contributed by atoms with van der Waals surface area (Å²) in [5.41, 5.74) is 2.15. The van der Waals surface area contributed by atoms with E-state index in [0.717, 1.165) is 48.8 Å². The molecule has 1 atom stereocenters. The van der Waals surface area contributed by atoms with Crippen LogP contribution in [0.5, 0.6) is 5.75 Å². The molecule has 7 heteroatoms. The van der Waals surface area contributed by atoms with Gasteiger partial charge in [-0.15, -0.1) is 11.3 Å². The van der Waals surface area contributed by atoms with Gasteiger partial charge in [-0.1, -0.05) is 11.6 Å². The molecule has 0 bridgehead atoms. The molecule has 174 valence electrons. The Bertz CT molecular complexity index is 928. The van der Waals surface area contributed by atoms with Crippen LogP contribution in [0.1, 0.15) is 35.3 Å². The van der Waals surface area contributed by atoms with Crippen molar-refractivity contribution in [3.63, 3.8) is 0 Å². The number of benzene rings is 1. The predicted octanol–water partition coefficient (Wildman–Crippen LogP) is 4.93. The zero-order valence-electron chi connectivity index (χ0n) is 19.1. The second kappa shape index (κ2) is 10.6. The Balaban J connectivity index is 1.50. The van der Waals surface area contributed by atoms with Crippen molar-refractivity contribution in [1.29, 1.82) is 0 Å². The number of nitrogens with zero attached hydrogens (tertiary/aromatic N) is 2. The van der Waals surface area contributed by atoms with Gasteiger partial charge in [0.15, 0.2) is 0 Å². The van der Waals surface area contributed by atoms with Crippen LogP contribution >= 0.6 is 22.9 Å². The monoisotopic (exact) mass is 476 g/mol. The number of hydrogen-bond donors (Lipinski definition) is 0.